The van der Waals surface area contributed by atoms with Crippen LogP contribution in [0.1, 0.15) is 11.1 Å². The van der Waals surface area contributed by atoms with Crippen molar-refractivity contribution in [1.29, 1.82) is 0 Å². The van der Waals surface area contributed by atoms with Crippen LogP contribution in [0.3, 0.4) is 0 Å². The van der Waals surface area contributed by atoms with Crippen LogP contribution in [0.4, 0.5) is 0 Å². The van der Waals surface area contributed by atoms with Crippen molar-refractivity contribution < 1.29 is 0 Å². The molecule has 4 rings (SSSR count). The summed E-state index contributed by atoms with van der Waals surface area (Å²) < 4.78 is 3.57. The van der Waals surface area contributed by atoms with Crippen molar-refractivity contribution in [2.24, 2.45) is 0 Å². The van der Waals surface area contributed by atoms with Crippen LogP contribution in [-0.4, -0.2) is 9.13 Å². The molecular formula is C21H16Cl2N2O. The van der Waals surface area contributed by atoms with Crippen LogP contribution in [0, 0.1) is 0 Å². The van der Waals surface area contributed by atoms with Crippen molar-refractivity contribution >= 4 is 34.2 Å². The molecule has 26 heavy (non-hydrogen) atoms. The van der Waals surface area contributed by atoms with Gasteiger partial charge in [0, 0.05) is 10.0 Å². The van der Waals surface area contributed by atoms with E-state index in [9.17, 15) is 4.79 Å². The predicted octanol–water partition coefficient (Wildman–Crippen LogP) is 5.21. The van der Waals surface area contributed by atoms with E-state index in [1.807, 2.05) is 72.8 Å². The number of hydrogen-bond acceptors (Lipinski definition) is 1. The molecule has 5 heteroatoms. The quantitative estimate of drug-likeness (QED) is 0.476. The van der Waals surface area contributed by atoms with Gasteiger partial charge in [-0.2, -0.15) is 0 Å². The Balaban J connectivity index is 1.82. The summed E-state index contributed by atoms with van der Waals surface area (Å²) >= 11 is 12.2. The number of benzene rings is 3. The van der Waals surface area contributed by atoms with E-state index >= 15 is 0 Å². The van der Waals surface area contributed by atoms with Gasteiger partial charge in [-0.05, 0) is 47.5 Å². The molecule has 0 bridgehead atoms. The third-order valence-electron chi connectivity index (χ3n) is 4.38. The molecule has 1 aromatic heterocycles. The summed E-state index contributed by atoms with van der Waals surface area (Å²) in [6, 6.07) is 23.0. The van der Waals surface area contributed by atoms with Crippen molar-refractivity contribution in [2.75, 3.05) is 0 Å². The first-order valence-corrected chi connectivity index (χ1v) is 9.04. The van der Waals surface area contributed by atoms with Crippen LogP contribution in [0.25, 0.3) is 11.0 Å². The Morgan fingerprint density at radius 1 is 0.654 bits per heavy atom. The fourth-order valence-electron chi connectivity index (χ4n) is 3.21. The highest BCUT2D eigenvalue weighted by atomic mass is 35.5. The fourth-order valence-corrected chi connectivity index (χ4v) is 3.64. The third kappa shape index (κ3) is 3.28. The molecule has 3 nitrogen and oxygen atoms in total. The monoisotopic (exact) mass is 382 g/mol. The van der Waals surface area contributed by atoms with Crippen molar-refractivity contribution in [1.82, 2.24) is 9.13 Å². The Morgan fingerprint density at radius 3 is 1.54 bits per heavy atom. The maximum atomic E-state index is 13.1. The lowest BCUT2D eigenvalue weighted by atomic mass is 10.2. The Labute approximate surface area is 161 Å². The average Bonchev–Trinajstić information content (AvgIpc) is 2.88. The van der Waals surface area contributed by atoms with Gasteiger partial charge in [0.05, 0.1) is 24.1 Å². The molecule has 4 aromatic rings. The van der Waals surface area contributed by atoms with E-state index in [2.05, 4.69) is 0 Å². The summed E-state index contributed by atoms with van der Waals surface area (Å²) in [6.07, 6.45) is 0. The average molecular weight is 383 g/mol. The van der Waals surface area contributed by atoms with E-state index < -0.39 is 0 Å². The molecule has 0 saturated carbocycles. The van der Waals surface area contributed by atoms with Crippen LogP contribution in [-0.2, 0) is 13.1 Å². The van der Waals surface area contributed by atoms with E-state index in [-0.39, 0.29) is 5.69 Å². The highest BCUT2D eigenvalue weighted by Gasteiger charge is 2.13. The van der Waals surface area contributed by atoms with E-state index in [1.54, 1.807) is 9.13 Å². The van der Waals surface area contributed by atoms with Crippen molar-refractivity contribution in [2.45, 2.75) is 13.1 Å². The molecule has 0 aliphatic carbocycles. The smallest absolute Gasteiger partial charge is 0.287 e. The first-order chi connectivity index (χ1) is 12.6. The van der Waals surface area contributed by atoms with Crippen LogP contribution >= 0.6 is 23.2 Å². The number of imidazole rings is 1. The number of nitrogens with zero attached hydrogens (tertiary/aromatic N) is 2. The summed E-state index contributed by atoms with van der Waals surface area (Å²) in [5.41, 5.74) is 3.74. The zero-order chi connectivity index (χ0) is 18.1. The van der Waals surface area contributed by atoms with Crippen molar-refractivity contribution in [3.05, 3.63) is 104 Å². The largest absolute Gasteiger partial charge is 0.329 e. The summed E-state index contributed by atoms with van der Waals surface area (Å²) in [5.74, 6) is 0. The molecule has 0 fully saturated rings. The van der Waals surface area contributed by atoms with Gasteiger partial charge in [-0.15, -0.1) is 0 Å². The minimum atomic E-state index is -0.0499. The maximum Gasteiger partial charge on any atom is 0.329 e. The highest BCUT2D eigenvalue weighted by Crippen LogP contribution is 2.18. The van der Waals surface area contributed by atoms with Crippen molar-refractivity contribution in [3.63, 3.8) is 0 Å². The second-order valence-corrected chi connectivity index (χ2v) is 7.08. The molecular weight excluding hydrogens is 367 g/mol. The number of para-hydroxylation sites is 2. The van der Waals surface area contributed by atoms with Gasteiger partial charge in [0.25, 0.3) is 0 Å². The normalized spacial score (nSPS) is 11.2. The lowest BCUT2D eigenvalue weighted by molar-refractivity contribution is 0.701. The van der Waals surface area contributed by atoms with Crippen molar-refractivity contribution in [3.8, 4) is 0 Å². The molecule has 0 aliphatic heterocycles. The predicted molar refractivity (Wildman–Crippen MR) is 107 cm³/mol. The van der Waals surface area contributed by atoms with E-state index in [1.165, 1.54) is 0 Å². The summed E-state index contributed by atoms with van der Waals surface area (Å²) in [4.78, 5) is 13.1. The van der Waals surface area contributed by atoms with Gasteiger partial charge in [-0.1, -0.05) is 59.6 Å². The van der Waals surface area contributed by atoms with Gasteiger partial charge >= 0.3 is 5.69 Å². The standard InChI is InChI=1S/C21H16Cl2N2O/c22-17-7-3-5-15(11-17)13-24-19-9-1-2-10-20(19)25(21(24)26)14-16-6-4-8-18(23)12-16/h1-12H,13-14H2. The number of rotatable bonds is 4. The minimum absolute atomic E-state index is 0.0499. The molecule has 0 saturated heterocycles. The molecule has 130 valence electrons. The maximum absolute atomic E-state index is 13.1. The molecule has 0 unspecified atom stereocenters. The molecule has 0 spiro atoms. The van der Waals surface area contributed by atoms with Gasteiger partial charge in [0.1, 0.15) is 0 Å². The first-order valence-electron chi connectivity index (χ1n) is 8.29. The fraction of sp³-hybridized carbons (Fsp3) is 0.0952. The van der Waals surface area contributed by atoms with Gasteiger partial charge < -0.3 is 0 Å². The van der Waals surface area contributed by atoms with Gasteiger partial charge in [-0.25, -0.2) is 4.79 Å². The zero-order valence-electron chi connectivity index (χ0n) is 13.9. The topological polar surface area (TPSA) is 26.9 Å². The van der Waals surface area contributed by atoms with E-state index in [4.69, 9.17) is 23.2 Å². The van der Waals surface area contributed by atoms with Crippen LogP contribution in [0.5, 0.6) is 0 Å². The third-order valence-corrected chi connectivity index (χ3v) is 4.85. The molecule has 3 aromatic carbocycles. The molecule has 0 N–H and O–H groups in total. The number of halogens is 2. The number of hydrogen-bond donors (Lipinski definition) is 0. The summed E-state index contributed by atoms with van der Waals surface area (Å²) in [5, 5.41) is 1.33. The second kappa shape index (κ2) is 7.02. The summed E-state index contributed by atoms with van der Waals surface area (Å²) in [6.45, 7) is 0.949. The van der Waals surface area contributed by atoms with Crippen LogP contribution in [0.2, 0.25) is 10.0 Å². The zero-order valence-corrected chi connectivity index (χ0v) is 15.4. The number of aromatic nitrogens is 2. The SMILES string of the molecule is O=c1n(Cc2cccc(Cl)c2)c2ccccc2n1Cc1cccc(Cl)c1. The molecule has 0 radical (unpaired) electrons. The Morgan fingerprint density at radius 2 is 1.12 bits per heavy atom. The highest BCUT2D eigenvalue weighted by molar-refractivity contribution is 6.30. The van der Waals surface area contributed by atoms with Gasteiger partial charge in [0.15, 0.2) is 0 Å². The minimum Gasteiger partial charge on any atom is -0.287 e. The molecule has 0 atom stereocenters. The molecule has 0 amide bonds. The lowest BCUT2D eigenvalue weighted by Crippen LogP contribution is -2.25. The lowest BCUT2D eigenvalue weighted by Gasteiger charge is -2.05. The first kappa shape index (κ1) is 17.0. The summed E-state index contributed by atoms with van der Waals surface area (Å²) in [7, 11) is 0. The Kier molecular flexibility index (Phi) is 4.58. The van der Waals surface area contributed by atoms with E-state index in [0.29, 0.717) is 23.1 Å². The van der Waals surface area contributed by atoms with Crippen LogP contribution < -0.4 is 5.69 Å². The molecule has 0 aliphatic rings. The van der Waals surface area contributed by atoms with E-state index in [0.717, 1.165) is 22.2 Å². The Bertz CT molecular complexity index is 1060. The Hall–Kier alpha value is -2.49. The van der Waals surface area contributed by atoms with Gasteiger partial charge in [0.2, 0.25) is 0 Å². The van der Waals surface area contributed by atoms with Crippen LogP contribution in [0.15, 0.2) is 77.6 Å². The second-order valence-electron chi connectivity index (χ2n) is 6.20. The molecule has 1 heterocycles. The van der Waals surface area contributed by atoms with Gasteiger partial charge in [-0.3, -0.25) is 9.13 Å². The number of fused-ring (bicyclic) bond motifs is 1.